The van der Waals surface area contributed by atoms with Crippen LogP contribution in [0.4, 0.5) is 10.1 Å². The van der Waals surface area contributed by atoms with Crippen molar-refractivity contribution in [3.05, 3.63) is 64.4 Å². The van der Waals surface area contributed by atoms with E-state index in [1.807, 2.05) is 19.1 Å². The number of carbonyl (C=O) groups excluding carboxylic acids is 1. The molecular weight excluding hydrogens is 303 g/mol. The van der Waals surface area contributed by atoms with E-state index in [1.165, 1.54) is 12.1 Å². The number of likely N-dealkylation sites (N-methyl/N-ethyl adjacent to an activating group) is 1. The number of hydrogen-bond donors (Lipinski definition) is 1. The number of amides is 1. The number of hydrogen-bond acceptors (Lipinski definition) is 2. The first-order chi connectivity index (χ1) is 10.5. The van der Waals surface area contributed by atoms with Crippen molar-refractivity contribution < 1.29 is 9.18 Å². The van der Waals surface area contributed by atoms with Crippen molar-refractivity contribution in [1.82, 2.24) is 4.90 Å². The standard InChI is InChI=1S/C17H18ClFN2O/c1-12-3-8-15(9-16(12)18)20-10-17(22)21(2)11-13-4-6-14(19)7-5-13/h3-9,20H,10-11H2,1-2H3. The number of anilines is 1. The lowest BCUT2D eigenvalue weighted by Gasteiger charge is -2.18. The molecule has 0 bridgehead atoms. The van der Waals surface area contributed by atoms with Crippen LogP contribution in [0.1, 0.15) is 11.1 Å². The maximum atomic E-state index is 12.9. The summed E-state index contributed by atoms with van der Waals surface area (Å²) in [4.78, 5) is 13.7. The minimum atomic E-state index is -0.282. The van der Waals surface area contributed by atoms with Crippen molar-refractivity contribution in [2.45, 2.75) is 13.5 Å². The Hall–Kier alpha value is -2.07. The third kappa shape index (κ3) is 4.46. The van der Waals surface area contributed by atoms with Crippen LogP contribution < -0.4 is 5.32 Å². The fourth-order valence-electron chi connectivity index (χ4n) is 1.97. The number of rotatable bonds is 5. The number of nitrogens with one attached hydrogen (secondary N) is 1. The lowest BCUT2D eigenvalue weighted by molar-refractivity contribution is -0.128. The van der Waals surface area contributed by atoms with Crippen LogP contribution in [-0.2, 0) is 11.3 Å². The van der Waals surface area contributed by atoms with Gasteiger partial charge in [-0.15, -0.1) is 0 Å². The predicted molar refractivity (Wildman–Crippen MR) is 87.6 cm³/mol. The number of carbonyl (C=O) groups is 1. The van der Waals surface area contributed by atoms with E-state index in [1.54, 1.807) is 30.1 Å². The van der Waals surface area contributed by atoms with Crippen LogP contribution in [0.15, 0.2) is 42.5 Å². The van der Waals surface area contributed by atoms with Gasteiger partial charge in [0.05, 0.1) is 6.54 Å². The average molecular weight is 321 g/mol. The molecule has 0 radical (unpaired) electrons. The molecule has 0 aliphatic carbocycles. The molecule has 1 N–H and O–H groups in total. The van der Waals surface area contributed by atoms with Crippen molar-refractivity contribution in [2.75, 3.05) is 18.9 Å². The third-order valence-electron chi connectivity index (χ3n) is 3.37. The van der Waals surface area contributed by atoms with Crippen molar-refractivity contribution in [2.24, 2.45) is 0 Å². The molecule has 2 aromatic carbocycles. The minimum absolute atomic E-state index is 0.0546. The highest BCUT2D eigenvalue weighted by Crippen LogP contribution is 2.19. The van der Waals surface area contributed by atoms with E-state index in [4.69, 9.17) is 11.6 Å². The van der Waals surface area contributed by atoms with Gasteiger partial charge in [0.2, 0.25) is 5.91 Å². The summed E-state index contributed by atoms with van der Waals surface area (Å²) in [5.74, 6) is -0.336. The Morgan fingerprint density at radius 2 is 1.91 bits per heavy atom. The summed E-state index contributed by atoms with van der Waals surface area (Å²) in [6.07, 6.45) is 0. The van der Waals surface area contributed by atoms with Gasteiger partial charge in [-0.25, -0.2) is 4.39 Å². The Kier molecular flexibility index (Phi) is 5.39. The zero-order chi connectivity index (χ0) is 16.1. The lowest BCUT2D eigenvalue weighted by Crippen LogP contribution is -2.31. The molecule has 0 aliphatic rings. The van der Waals surface area contributed by atoms with Gasteiger partial charge in [-0.1, -0.05) is 29.8 Å². The number of halogens is 2. The molecule has 0 atom stereocenters. The summed E-state index contributed by atoms with van der Waals surface area (Å²) >= 11 is 6.05. The van der Waals surface area contributed by atoms with Crippen molar-refractivity contribution in [3.63, 3.8) is 0 Å². The van der Waals surface area contributed by atoms with Gasteiger partial charge in [-0.2, -0.15) is 0 Å². The highest BCUT2D eigenvalue weighted by Gasteiger charge is 2.09. The molecule has 0 saturated carbocycles. The maximum Gasteiger partial charge on any atom is 0.241 e. The van der Waals surface area contributed by atoms with Crippen LogP contribution >= 0.6 is 11.6 Å². The second-order valence-electron chi connectivity index (χ2n) is 5.19. The maximum absolute atomic E-state index is 12.9. The van der Waals surface area contributed by atoms with Gasteiger partial charge < -0.3 is 10.2 Å². The zero-order valence-electron chi connectivity index (χ0n) is 12.6. The first kappa shape index (κ1) is 16.3. The smallest absolute Gasteiger partial charge is 0.241 e. The molecule has 3 nitrogen and oxygen atoms in total. The second-order valence-corrected chi connectivity index (χ2v) is 5.60. The molecule has 0 aliphatic heterocycles. The fraction of sp³-hybridized carbons (Fsp3) is 0.235. The lowest BCUT2D eigenvalue weighted by atomic mass is 10.2. The monoisotopic (exact) mass is 320 g/mol. The highest BCUT2D eigenvalue weighted by molar-refractivity contribution is 6.31. The minimum Gasteiger partial charge on any atom is -0.376 e. The average Bonchev–Trinajstić information content (AvgIpc) is 2.50. The predicted octanol–water partition coefficient (Wildman–Crippen LogP) is 3.86. The van der Waals surface area contributed by atoms with Gasteiger partial charge in [0.15, 0.2) is 0 Å². The van der Waals surface area contributed by atoms with Crippen molar-refractivity contribution in [3.8, 4) is 0 Å². The molecule has 0 unspecified atom stereocenters. The summed E-state index contributed by atoms with van der Waals surface area (Å²) in [6.45, 7) is 2.54. The molecule has 116 valence electrons. The largest absolute Gasteiger partial charge is 0.376 e. The van der Waals surface area contributed by atoms with Crippen LogP contribution in [0.2, 0.25) is 5.02 Å². The van der Waals surface area contributed by atoms with Crippen LogP contribution in [0.3, 0.4) is 0 Å². The summed E-state index contributed by atoms with van der Waals surface area (Å²) in [5, 5.41) is 3.72. The summed E-state index contributed by atoms with van der Waals surface area (Å²) in [6, 6.07) is 11.7. The summed E-state index contributed by atoms with van der Waals surface area (Å²) in [7, 11) is 1.72. The van der Waals surface area contributed by atoms with E-state index in [0.717, 1.165) is 16.8 Å². The molecule has 1 amide bonds. The summed E-state index contributed by atoms with van der Waals surface area (Å²) in [5.41, 5.74) is 2.68. The molecule has 0 saturated heterocycles. The van der Waals surface area contributed by atoms with Gasteiger partial charge in [-0.3, -0.25) is 4.79 Å². The number of nitrogens with zero attached hydrogens (tertiary/aromatic N) is 1. The molecule has 2 rings (SSSR count). The Morgan fingerprint density at radius 3 is 2.55 bits per heavy atom. The van der Waals surface area contributed by atoms with Gasteiger partial charge in [0.1, 0.15) is 5.82 Å². The molecule has 2 aromatic rings. The topological polar surface area (TPSA) is 32.3 Å². The van der Waals surface area contributed by atoms with E-state index in [2.05, 4.69) is 5.32 Å². The van der Waals surface area contributed by atoms with Crippen LogP contribution in [-0.4, -0.2) is 24.4 Å². The van der Waals surface area contributed by atoms with E-state index in [-0.39, 0.29) is 18.3 Å². The van der Waals surface area contributed by atoms with Gasteiger partial charge in [0.25, 0.3) is 0 Å². The van der Waals surface area contributed by atoms with Crippen LogP contribution in [0.5, 0.6) is 0 Å². The first-order valence-corrected chi connectivity index (χ1v) is 7.32. The second kappa shape index (κ2) is 7.27. The molecular formula is C17H18ClFN2O. The molecule has 22 heavy (non-hydrogen) atoms. The van der Waals surface area contributed by atoms with Gasteiger partial charge in [0, 0.05) is 24.3 Å². The van der Waals surface area contributed by atoms with E-state index in [9.17, 15) is 9.18 Å². The highest BCUT2D eigenvalue weighted by atomic mass is 35.5. The zero-order valence-corrected chi connectivity index (χ0v) is 13.3. The van der Waals surface area contributed by atoms with Crippen molar-refractivity contribution >= 4 is 23.2 Å². The third-order valence-corrected chi connectivity index (χ3v) is 3.78. The van der Waals surface area contributed by atoms with E-state index < -0.39 is 0 Å². The Morgan fingerprint density at radius 1 is 1.23 bits per heavy atom. The Balaban J connectivity index is 1.88. The van der Waals surface area contributed by atoms with Crippen LogP contribution in [0, 0.1) is 12.7 Å². The molecule has 5 heteroatoms. The molecule has 0 heterocycles. The first-order valence-electron chi connectivity index (χ1n) is 6.94. The van der Waals surface area contributed by atoms with Crippen LogP contribution in [0.25, 0.3) is 0 Å². The SMILES string of the molecule is Cc1ccc(NCC(=O)N(C)Cc2ccc(F)cc2)cc1Cl. The van der Waals surface area contributed by atoms with Gasteiger partial charge >= 0.3 is 0 Å². The Labute approximate surface area is 134 Å². The fourth-order valence-corrected chi connectivity index (χ4v) is 2.15. The number of benzene rings is 2. The van der Waals surface area contributed by atoms with Crippen molar-refractivity contribution in [1.29, 1.82) is 0 Å². The summed E-state index contributed by atoms with van der Waals surface area (Å²) < 4.78 is 12.9. The quantitative estimate of drug-likeness (QED) is 0.907. The molecule has 0 aromatic heterocycles. The molecule has 0 fully saturated rings. The number of aryl methyl sites for hydroxylation is 1. The van der Waals surface area contributed by atoms with E-state index in [0.29, 0.717) is 11.6 Å². The normalized spacial score (nSPS) is 10.4. The van der Waals surface area contributed by atoms with E-state index >= 15 is 0 Å². The molecule has 0 spiro atoms. The van der Waals surface area contributed by atoms with Gasteiger partial charge in [-0.05, 0) is 42.3 Å². The Bertz CT molecular complexity index is 658.